The van der Waals surface area contributed by atoms with Gasteiger partial charge in [-0.1, -0.05) is 0 Å². The summed E-state index contributed by atoms with van der Waals surface area (Å²) in [4.78, 5) is 13.2. The fraction of sp³-hybridized carbons (Fsp3) is 0.300. The second-order valence-electron chi connectivity index (χ2n) is 3.05. The van der Waals surface area contributed by atoms with Crippen molar-refractivity contribution in [1.82, 2.24) is 0 Å². The number of anilines is 1. The maximum atomic E-state index is 11.2. The van der Waals surface area contributed by atoms with E-state index in [1.165, 1.54) is 7.11 Å². The Morgan fingerprint density at radius 3 is 2.50 bits per heavy atom. The average Bonchev–Trinajstić information content (AvgIpc) is 2.15. The highest BCUT2D eigenvalue weighted by atomic mass is 127. The predicted molar refractivity (Wildman–Crippen MR) is 64.8 cm³/mol. The number of nitrogens with zero attached hydrogens (tertiary/aromatic N) is 1. The summed E-state index contributed by atoms with van der Waals surface area (Å²) in [5, 5.41) is 0. The molecule has 0 aliphatic carbocycles. The summed E-state index contributed by atoms with van der Waals surface area (Å²) < 4.78 is 5.67. The quantitative estimate of drug-likeness (QED) is 0.619. The van der Waals surface area contributed by atoms with E-state index in [1.807, 2.05) is 31.1 Å². The van der Waals surface area contributed by atoms with E-state index in [9.17, 15) is 4.79 Å². The molecule has 3 nitrogen and oxygen atoms in total. The Kier molecular flexibility index (Phi) is 3.74. The highest BCUT2D eigenvalue weighted by Crippen LogP contribution is 2.22. The lowest BCUT2D eigenvalue weighted by molar-refractivity contribution is 0.0600. The summed E-state index contributed by atoms with van der Waals surface area (Å²) in [5.74, 6) is -0.298. The summed E-state index contributed by atoms with van der Waals surface area (Å²) in [7, 11) is 5.32. The lowest BCUT2D eigenvalue weighted by Gasteiger charge is -2.14. The highest BCUT2D eigenvalue weighted by Gasteiger charge is 2.08. The molecule has 0 aliphatic rings. The minimum Gasteiger partial charge on any atom is -0.465 e. The molecule has 0 unspecified atom stereocenters. The van der Waals surface area contributed by atoms with E-state index in [0.717, 1.165) is 9.26 Å². The molecule has 0 aliphatic heterocycles. The smallest absolute Gasteiger partial charge is 0.337 e. The van der Waals surface area contributed by atoms with Gasteiger partial charge in [-0.25, -0.2) is 4.79 Å². The van der Waals surface area contributed by atoms with E-state index in [2.05, 4.69) is 27.3 Å². The molecule has 14 heavy (non-hydrogen) atoms. The number of carbonyl (C=O) groups is 1. The van der Waals surface area contributed by atoms with Gasteiger partial charge in [0.1, 0.15) is 0 Å². The van der Waals surface area contributed by atoms with Crippen LogP contribution < -0.4 is 4.90 Å². The summed E-state index contributed by atoms with van der Waals surface area (Å²) in [6.45, 7) is 0. The maximum absolute atomic E-state index is 11.2. The van der Waals surface area contributed by atoms with Gasteiger partial charge in [0.15, 0.2) is 0 Å². The van der Waals surface area contributed by atoms with Gasteiger partial charge in [-0.05, 0) is 40.8 Å². The Morgan fingerprint density at radius 1 is 1.43 bits per heavy atom. The Hall–Kier alpha value is -0.780. The van der Waals surface area contributed by atoms with Crippen molar-refractivity contribution in [2.45, 2.75) is 0 Å². The first kappa shape index (κ1) is 11.3. The van der Waals surface area contributed by atoms with Gasteiger partial charge < -0.3 is 9.64 Å². The van der Waals surface area contributed by atoms with Crippen LogP contribution in [0, 0.1) is 3.57 Å². The summed E-state index contributed by atoms with van der Waals surface area (Å²) in [6.07, 6.45) is 0. The average molecular weight is 305 g/mol. The first-order valence-corrected chi connectivity index (χ1v) is 5.19. The lowest BCUT2D eigenvalue weighted by atomic mass is 10.2. The lowest BCUT2D eigenvalue weighted by Crippen LogP contribution is -2.11. The highest BCUT2D eigenvalue weighted by molar-refractivity contribution is 14.1. The topological polar surface area (TPSA) is 29.5 Å². The van der Waals surface area contributed by atoms with Gasteiger partial charge in [-0.2, -0.15) is 0 Å². The second kappa shape index (κ2) is 4.63. The number of carbonyl (C=O) groups excluding carboxylic acids is 1. The maximum Gasteiger partial charge on any atom is 0.337 e. The van der Waals surface area contributed by atoms with Crippen LogP contribution in [0.4, 0.5) is 5.69 Å². The van der Waals surface area contributed by atoms with Gasteiger partial charge in [-0.15, -0.1) is 0 Å². The number of methoxy groups -OCH3 is 1. The molecule has 0 saturated carbocycles. The molecule has 0 saturated heterocycles. The van der Waals surface area contributed by atoms with Crippen LogP contribution in [0.5, 0.6) is 0 Å². The van der Waals surface area contributed by atoms with Crippen molar-refractivity contribution in [3.8, 4) is 0 Å². The molecule has 0 aromatic heterocycles. The zero-order valence-corrected chi connectivity index (χ0v) is 10.5. The predicted octanol–water partition coefficient (Wildman–Crippen LogP) is 2.14. The number of rotatable bonds is 2. The first-order valence-electron chi connectivity index (χ1n) is 4.11. The monoisotopic (exact) mass is 305 g/mol. The molecular weight excluding hydrogens is 293 g/mol. The number of halogens is 1. The van der Waals surface area contributed by atoms with Crippen LogP contribution in [0.15, 0.2) is 18.2 Å². The fourth-order valence-electron chi connectivity index (χ4n) is 1.11. The second-order valence-corrected chi connectivity index (χ2v) is 4.21. The number of hydrogen-bond donors (Lipinski definition) is 0. The van der Waals surface area contributed by atoms with E-state index in [4.69, 9.17) is 0 Å². The zero-order valence-electron chi connectivity index (χ0n) is 8.37. The van der Waals surface area contributed by atoms with E-state index < -0.39 is 0 Å². The van der Waals surface area contributed by atoms with Gasteiger partial charge in [0.25, 0.3) is 0 Å². The van der Waals surface area contributed by atoms with Crippen molar-refractivity contribution in [3.05, 3.63) is 27.3 Å². The van der Waals surface area contributed by atoms with Crippen molar-refractivity contribution in [2.24, 2.45) is 0 Å². The molecule has 1 rings (SSSR count). The van der Waals surface area contributed by atoms with Crippen LogP contribution in [-0.4, -0.2) is 27.2 Å². The van der Waals surface area contributed by atoms with Gasteiger partial charge in [0.05, 0.1) is 12.7 Å². The summed E-state index contributed by atoms with van der Waals surface area (Å²) in [5.41, 5.74) is 1.68. The molecule has 76 valence electrons. The zero-order chi connectivity index (χ0) is 10.7. The van der Waals surface area contributed by atoms with Gasteiger partial charge in [-0.3, -0.25) is 0 Å². The molecule has 0 spiro atoms. The van der Waals surface area contributed by atoms with Crippen LogP contribution in [0.3, 0.4) is 0 Å². The van der Waals surface area contributed by atoms with E-state index in [-0.39, 0.29) is 5.97 Å². The number of hydrogen-bond acceptors (Lipinski definition) is 3. The van der Waals surface area contributed by atoms with Crippen LogP contribution in [-0.2, 0) is 4.74 Å². The molecule has 0 atom stereocenters. The van der Waals surface area contributed by atoms with Crippen LogP contribution in [0.2, 0.25) is 0 Å². The van der Waals surface area contributed by atoms with Gasteiger partial charge in [0, 0.05) is 23.4 Å². The molecule has 1 aromatic carbocycles. The van der Waals surface area contributed by atoms with Crippen LogP contribution in [0.25, 0.3) is 0 Å². The molecule has 0 radical (unpaired) electrons. The summed E-state index contributed by atoms with van der Waals surface area (Å²) >= 11 is 2.20. The summed E-state index contributed by atoms with van der Waals surface area (Å²) in [6, 6.07) is 5.50. The molecule has 0 heterocycles. The van der Waals surface area contributed by atoms with Crippen molar-refractivity contribution in [3.63, 3.8) is 0 Å². The van der Waals surface area contributed by atoms with Crippen molar-refractivity contribution >= 4 is 34.2 Å². The molecule has 1 aromatic rings. The molecular formula is C10H12INO2. The third-order valence-electron chi connectivity index (χ3n) is 1.85. The third-order valence-corrected chi connectivity index (χ3v) is 2.71. The standard InChI is InChI=1S/C10H12INO2/c1-12(2)9-5-4-7(6-8(9)11)10(13)14-3/h4-6H,1-3H3. The molecule has 0 bridgehead atoms. The number of benzene rings is 1. The molecule has 0 N–H and O–H groups in total. The molecule has 0 fully saturated rings. The Morgan fingerprint density at radius 2 is 2.07 bits per heavy atom. The minimum atomic E-state index is -0.298. The minimum absolute atomic E-state index is 0.298. The van der Waals surface area contributed by atoms with Crippen molar-refractivity contribution in [2.75, 3.05) is 26.1 Å². The van der Waals surface area contributed by atoms with Gasteiger partial charge >= 0.3 is 5.97 Å². The Bertz CT molecular complexity index is 350. The Labute approximate surface area is 97.2 Å². The fourth-order valence-corrected chi connectivity index (χ4v) is 2.11. The largest absolute Gasteiger partial charge is 0.465 e. The van der Waals surface area contributed by atoms with Crippen molar-refractivity contribution in [1.29, 1.82) is 0 Å². The third kappa shape index (κ3) is 2.37. The van der Waals surface area contributed by atoms with E-state index in [1.54, 1.807) is 6.07 Å². The number of ether oxygens (including phenoxy) is 1. The molecule has 4 heteroatoms. The van der Waals surface area contributed by atoms with Crippen molar-refractivity contribution < 1.29 is 9.53 Å². The number of esters is 1. The van der Waals surface area contributed by atoms with Crippen LogP contribution >= 0.6 is 22.6 Å². The Balaban J connectivity index is 3.06. The normalized spacial score (nSPS) is 9.71. The first-order chi connectivity index (χ1) is 6.56. The molecule has 0 amide bonds. The van der Waals surface area contributed by atoms with Gasteiger partial charge in [0.2, 0.25) is 0 Å². The SMILES string of the molecule is COC(=O)c1ccc(N(C)C)c(I)c1. The van der Waals surface area contributed by atoms with E-state index >= 15 is 0 Å². The van der Waals surface area contributed by atoms with E-state index in [0.29, 0.717) is 5.56 Å². The van der Waals surface area contributed by atoms with Crippen LogP contribution in [0.1, 0.15) is 10.4 Å².